The van der Waals surface area contributed by atoms with Crippen LogP contribution in [0, 0.1) is 37.5 Å². The Bertz CT molecular complexity index is 1830. The minimum absolute atomic E-state index is 0.165. The molecule has 0 amide bonds. The zero-order valence-electron chi connectivity index (χ0n) is 20.7. The molecule has 0 saturated heterocycles. The number of allylic oxidation sites excluding steroid dienone is 3. The van der Waals surface area contributed by atoms with Crippen LogP contribution in [0.25, 0.3) is 5.76 Å². The lowest BCUT2D eigenvalue weighted by Gasteiger charge is -2.22. The highest BCUT2D eigenvalue weighted by molar-refractivity contribution is 7.89. The molecular weight excluding hydrogens is 576 g/mol. The Hall–Kier alpha value is -5.33. The van der Waals surface area contributed by atoms with E-state index in [9.17, 15) is 42.3 Å². The van der Waals surface area contributed by atoms with Gasteiger partial charge in [0, 0.05) is 48.1 Å². The van der Waals surface area contributed by atoms with Crippen LogP contribution >= 0.6 is 0 Å². The summed E-state index contributed by atoms with van der Waals surface area (Å²) in [4.78, 5) is 19.9. The van der Waals surface area contributed by atoms with Crippen molar-refractivity contribution in [2.24, 2.45) is 5.92 Å². The van der Waals surface area contributed by atoms with Gasteiger partial charge in [0.05, 0.1) is 26.4 Å². The fourth-order valence-electron chi connectivity index (χ4n) is 3.69. The molecule has 0 N–H and O–H groups in total. The lowest BCUT2D eigenvalue weighted by Crippen LogP contribution is -2.23. The van der Waals surface area contributed by atoms with Crippen LogP contribution < -0.4 is 0 Å². The maximum Gasteiger partial charge on any atom is 0.339 e. The quantitative estimate of drug-likeness (QED) is 0.112. The molecule has 15 heteroatoms. The zero-order chi connectivity index (χ0) is 29.8. The molecule has 1 aliphatic rings. The maximum atomic E-state index is 13.1. The molecule has 3 aromatic carbocycles. The Morgan fingerprint density at radius 1 is 0.780 bits per heavy atom. The summed E-state index contributed by atoms with van der Waals surface area (Å²) in [6.07, 6.45) is 5.00. The number of nitrogens with zero attached hydrogens (tertiary/aromatic N) is 4. The van der Waals surface area contributed by atoms with Crippen LogP contribution in [0.4, 0.5) is 11.4 Å². The van der Waals surface area contributed by atoms with Crippen LogP contribution in [-0.2, 0) is 24.3 Å². The Morgan fingerprint density at radius 3 is 1.73 bits per heavy atom. The lowest BCUT2D eigenvalue weighted by atomic mass is 9.95. The Balaban J connectivity index is 1.69. The van der Waals surface area contributed by atoms with Gasteiger partial charge in [0.2, 0.25) is 0 Å². The summed E-state index contributed by atoms with van der Waals surface area (Å²) >= 11 is 0. The predicted molar refractivity (Wildman–Crippen MR) is 144 cm³/mol. The summed E-state index contributed by atoms with van der Waals surface area (Å²) in [5.41, 5.74) is -0.542. The minimum Gasteiger partial charge on any atom is -0.377 e. The van der Waals surface area contributed by atoms with E-state index < -0.39 is 35.9 Å². The van der Waals surface area contributed by atoms with Crippen LogP contribution in [0.15, 0.2) is 119 Å². The molecule has 0 unspecified atom stereocenters. The molecule has 0 spiro atoms. The summed E-state index contributed by atoms with van der Waals surface area (Å²) in [5, 5.41) is 31.8. The van der Waals surface area contributed by atoms with Crippen LogP contribution in [0.3, 0.4) is 0 Å². The first kappa shape index (κ1) is 28.7. The first-order valence-corrected chi connectivity index (χ1v) is 14.3. The van der Waals surface area contributed by atoms with Gasteiger partial charge in [0.15, 0.2) is 5.76 Å². The van der Waals surface area contributed by atoms with Gasteiger partial charge in [-0.05, 0) is 24.3 Å². The molecule has 208 valence electrons. The van der Waals surface area contributed by atoms with Crippen LogP contribution in [0.1, 0.15) is 5.56 Å². The first-order valence-electron chi connectivity index (χ1n) is 11.5. The van der Waals surface area contributed by atoms with Crippen molar-refractivity contribution in [2.45, 2.75) is 9.79 Å². The molecule has 0 fully saturated rings. The number of rotatable bonds is 9. The Morgan fingerprint density at radius 2 is 1.27 bits per heavy atom. The Labute approximate surface area is 234 Å². The third kappa shape index (κ3) is 6.13. The zero-order valence-corrected chi connectivity index (χ0v) is 22.3. The summed E-state index contributed by atoms with van der Waals surface area (Å²) in [7, 11) is -8.70. The monoisotopic (exact) mass is 594 g/mol. The molecule has 0 radical (unpaired) electrons. The smallest absolute Gasteiger partial charge is 0.339 e. The highest BCUT2D eigenvalue weighted by Crippen LogP contribution is 2.33. The number of hydrogen-bond acceptors (Lipinski definition) is 10. The predicted octanol–water partition coefficient (Wildman–Crippen LogP) is 4.49. The standard InChI is InChI=1S/C26H18N4O9S2/c27-18-25(19-14-16-28(17-15-19)40(35,36)23-10-6-21(7-11-23)29(31)32)26(20-4-2-1-3-5-20)39-41(37,38)24-12-8-22(9-13-24)30(33)34/h1-17,19H/b26-25+. The minimum atomic E-state index is -4.56. The van der Waals surface area contributed by atoms with E-state index >= 15 is 0 Å². The molecule has 0 saturated carbocycles. The summed E-state index contributed by atoms with van der Waals surface area (Å²) in [6.45, 7) is 0. The van der Waals surface area contributed by atoms with Gasteiger partial charge in [-0.2, -0.15) is 13.7 Å². The van der Waals surface area contributed by atoms with E-state index in [0.717, 1.165) is 65.2 Å². The lowest BCUT2D eigenvalue weighted by molar-refractivity contribution is -0.385. The second-order valence-corrected chi connectivity index (χ2v) is 11.7. The van der Waals surface area contributed by atoms with Crippen molar-refractivity contribution in [3.8, 4) is 6.07 Å². The Kier molecular flexibility index (Phi) is 7.99. The van der Waals surface area contributed by atoms with Crippen LogP contribution in [-0.4, -0.2) is 31.0 Å². The third-order valence-electron chi connectivity index (χ3n) is 5.77. The molecule has 0 aliphatic carbocycles. The van der Waals surface area contributed by atoms with E-state index in [-0.39, 0.29) is 38.1 Å². The summed E-state index contributed by atoms with van der Waals surface area (Å²) in [5.74, 6) is -1.23. The number of non-ortho nitro benzene ring substituents is 2. The van der Waals surface area contributed by atoms with Gasteiger partial charge in [-0.3, -0.25) is 20.2 Å². The second kappa shape index (κ2) is 11.4. The number of nitro benzene ring substituents is 2. The summed E-state index contributed by atoms with van der Waals surface area (Å²) < 4.78 is 58.5. The highest BCUT2D eigenvalue weighted by Gasteiger charge is 2.28. The molecule has 1 aliphatic heterocycles. The maximum absolute atomic E-state index is 13.1. The largest absolute Gasteiger partial charge is 0.377 e. The second-order valence-electron chi connectivity index (χ2n) is 8.30. The number of nitriles is 1. The van der Waals surface area contributed by atoms with E-state index in [4.69, 9.17) is 4.18 Å². The molecule has 1 heterocycles. The molecule has 0 aromatic heterocycles. The fourth-order valence-corrected chi connectivity index (χ4v) is 5.85. The highest BCUT2D eigenvalue weighted by atomic mass is 32.2. The fraction of sp³-hybridized carbons (Fsp3) is 0.0385. The number of benzene rings is 3. The molecule has 3 aromatic rings. The van der Waals surface area contributed by atoms with Crippen molar-refractivity contribution >= 4 is 37.3 Å². The normalized spacial score (nSPS) is 14.2. The number of sulfonamides is 1. The van der Waals surface area contributed by atoms with E-state index in [2.05, 4.69) is 0 Å². The molecule has 0 atom stereocenters. The van der Waals surface area contributed by atoms with Crippen molar-refractivity contribution in [3.63, 3.8) is 0 Å². The number of hydrogen-bond donors (Lipinski definition) is 0. The van der Waals surface area contributed by atoms with Crippen molar-refractivity contribution in [3.05, 3.63) is 135 Å². The van der Waals surface area contributed by atoms with Gasteiger partial charge in [-0.15, -0.1) is 0 Å². The van der Waals surface area contributed by atoms with Gasteiger partial charge in [-0.25, -0.2) is 12.7 Å². The van der Waals surface area contributed by atoms with Crippen molar-refractivity contribution in [1.29, 1.82) is 5.26 Å². The van der Waals surface area contributed by atoms with Gasteiger partial charge < -0.3 is 4.18 Å². The topological polar surface area (TPSA) is 191 Å². The third-order valence-corrected chi connectivity index (χ3v) is 8.67. The molecule has 41 heavy (non-hydrogen) atoms. The van der Waals surface area contributed by atoms with Crippen molar-refractivity contribution in [1.82, 2.24) is 4.31 Å². The summed E-state index contributed by atoms with van der Waals surface area (Å²) in [6, 6.07) is 18.1. The number of nitro groups is 2. The average Bonchev–Trinajstić information content (AvgIpc) is 2.97. The SMILES string of the molecule is N#C/C(=C(\OS(=O)(=O)c1ccc([N+](=O)[O-])cc1)c1ccccc1)C1C=CN(S(=O)(=O)c2ccc([N+](=O)[O-])cc2)C=C1. The van der Waals surface area contributed by atoms with E-state index in [1.54, 1.807) is 18.2 Å². The van der Waals surface area contributed by atoms with Gasteiger partial charge in [-0.1, -0.05) is 42.5 Å². The molecular formula is C26H18N4O9S2. The van der Waals surface area contributed by atoms with Gasteiger partial charge in [0.25, 0.3) is 21.4 Å². The van der Waals surface area contributed by atoms with Gasteiger partial charge >= 0.3 is 10.1 Å². The van der Waals surface area contributed by atoms with E-state index in [0.29, 0.717) is 0 Å². The van der Waals surface area contributed by atoms with Crippen LogP contribution in [0.2, 0.25) is 0 Å². The van der Waals surface area contributed by atoms with E-state index in [1.807, 2.05) is 6.07 Å². The molecule has 0 bridgehead atoms. The molecule has 4 rings (SSSR count). The molecule has 13 nitrogen and oxygen atoms in total. The van der Waals surface area contributed by atoms with Gasteiger partial charge in [0.1, 0.15) is 4.90 Å². The van der Waals surface area contributed by atoms with Crippen LogP contribution in [0.5, 0.6) is 0 Å². The first-order chi connectivity index (χ1) is 19.4. The van der Waals surface area contributed by atoms with Crippen molar-refractivity contribution in [2.75, 3.05) is 0 Å². The van der Waals surface area contributed by atoms with Crippen molar-refractivity contribution < 1.29 is 30.9 Å². The van der Waals surface area contributed by atoms with E-state index in [1.165, 1.54) is 24.3 Å². The average molecular weight is 595 g/mol.